The van der Waals surface area contributed by atoms with E-state index in [1.165, 1.54) is 12.3 Å². The number of imidazole rings is 1. The Bertz CT molecular complexity index is 862. The summed E-state index contributed by atoms with van der Waals surface area (Å²) in [6.07, 6.45) is 4.93. The highest BCUT2D eigenvalue weighted by Crippen LogP contribution is 2.22. The Morgan fingerprint density at radius 1 is 1.29 bits per heavy atom. The lowest BCUT2D eigenvalue weighted by Crippen LogP contribution is -2.31. The number of benzene rings is 1. The van der Waals surface area contributed by atoms with Crippen LogP contribution in [0.25, 0.3) is 0 Å². The van der Waals surface area contributed by atoms with E-state index in [1.54, 1.807) is 6.20 Å². The molecule has 2 heterocycles. The first kappa shape index (κ1) is 16.0. The SMILES string of the molecule is Cn1ccnc1C(NC(=O)c1cnc(N)c(Cl)c1)c1ccccc1. The average molecular weight is 342 g/mol. The van der Waals surface area contributed by atoms with Gasteiger partial charge in [-0.3, -0.25) is 4.79 Å². The fraction of sp³-hybridized carbons (Fsp3) is 0.118. The number of anilines is 1. The standard InChI is InChI=1S/C17H16ClN5O/c1-23-8-7-20-16(23)14(11-5-3-2-4-6-11)22-17(24)12-9-13(18)15(19)21-10-12/h2-10,14H,1H3,(H2,19,21)(H,22,24). The number of nitrogen functional groups attached to an aromatic ring is 1. The van der Waals surface area contributed by atoms with E-state index in [0.717, 1.165) is 11.4 Å². The van der Waals surface area contributed by atoms with Crippen LogP contribution in [0.5, 0.6) is 0 Å². The van der Waals surface area contributed by atoms with Crippen LogP contribution in [0.15, 0.2) is 55.0 Å². The minimum absolute atomic E-state index is 0.192. The van der Waals surface area contributed by atoms with Crippen LogP contribution in [0.1, 0.15) is 27.8 Å². The van der Waals surface area contributed by atoms with Crippen molar-refractivity contribution in [1.82, 2.24) is 19.9 Å². The van der Waals surface area contributed by atoms with Gasteiger partial charge in [-0.25, -0.2) is 9.97 Å². The molecule has 0 saturated carbocycles. The molecule has 1 aromatic carbocycles. The van der Waals surface area contributed by atoms with Gasteiger partial charge in [0, 0.05) is 25.6 Å². The van der Waals surface area contributed by atoms with Crippen LogP contribution < -0.4 is 11.1 Å². The van der Waals surface area contributed by atoms with Crippen LogP contribution in [0.2, 0.25) is 5.02 Å². The van der Waals surface area contributed by atoms with Gasteiger partial charge in [0.1, 0.15) is 17.7 Å². The Balaban J connectivity index is 1.93. The van der Waals surface area contributed by atoms with E-state index < -0.39 is 6.04 Å². The molecule has 1 atom stereocenters. The maximum atomic E-state index is 12.6. The number of pyridine rings is 1. The van der Waals surface area contributed by atoms with Crippen LogP contribution in [0.3, 0.4) is 0 Å². The second-order valence-corrected chi connectivity index (χ2v) is 5.71. The highest BCUT2D eigenvalue weighted by molar-refractivity contribution is 6.33. The van der Waals surface area contributed by atoms with Gasteiger partial charge in [-0.2, -0.15) is 0 Å². The smallest absolute Gasteiger partial charge is 0.253 e. The zero-order valence-corrected chi connectivity index (χ0v) is 13.7. The van der Waals surface area contributed by atoms with Crippen molar-refractivity contribution in [3.8, 4) is 0 Å². The van der Waals surface area contributed by atoms with Crippen LogP contribution in [0.4, 0.5) is 5.82 Å². The summed E-state index contributed by atoms with van der Waals surface area (Å²) in [5, 5.41) is 3.22. The lowest BCUT2D eigenvalue weighted by molar-refractivity contribution is 0.0941. The maximum absolute atomic E-state index is 12.6. The van der Waals surface area contributed by atoms with Gasteiger partial charge in [0.15, 0.2) is 0 Å². The van der Waals surface area contributed by atoms with Gasteiger partial charge in [0.05, 0.1) is 10.6 Å². The predicted molar refractivity (Wildman–Crippen MR) is 92.6 cm³/mol. The maximum Gasteiger partial charge on any atom is 0.253 e. The number of aryl methyl sites for hydroxylation is 1. The van der Waals surface area contributed by atoms with Gasteiger partial charge in [-0.15, -0.1) is 0 Å². The van der Waals surface area contributed by atoms with E-state index >= 15 is 0 Å². The minimum atomic E-state index is -0.393. The lowest BCUT2D eigenvalue weighted by Gasteiger charge is -2.19. The molecule has 0 spiro atoms. The molecule has 0 aliphatic carbocycles. The first-order valence-corrected chi connectivity index (χ1v) is 7.68. The van der Waals surface area contributed by atoms with Crippen LogP contribution in [-0.2, 0) is 7.05 Å². The van der Waals surface area contributed by atoms with Crippen molar-refractivity contribution < 1.29 is 4.79 Å². The van der Waals surface area contributed by atoms with Crippen LogP contribution in [0, 0.1) is 0 Å². The molecule has 0 radical (unpaired) electrons. The number of carbonyl (C=O) groups excluding carboxylic acids is 1. The van der Waals surface area contributed by atoms with Gasteiger partial charge in [0.2, 0.25) is 0 Å². The Labute approximate surface area is 144 Å². The quantitative estimate of drug-likeness (QED) is 0.763. The predicted octanol–water partition coefficient (Wildman–Crippen LogP) is 2.57. The molecule has 0 aliphatic rings. The van der Waals surface area contributed by atoms with Crippen molar-refractivity contribution in [2.45, 2.75) is 6.04 Å². The molecule has 1 unspecified atom stereocenters. The number of nitrogens with zero attached hydrogens (tertiary/aromatic N) is 3. The fourth-order valence-electron chi connectivity index (χ4n) is 2.38. The van der Waals surface area contributed by atoms with Gasteiger partial charge in [-0.1, -0.05) is 41.9 Å². The topological polar surface area (TPSA) is 85.8 Å². The number of hydrogen-bond donors (Lipinski definition) is 2. The molecule has 0 saturated heterocycles. The summed E-state index contributed by atoms with van der Waals surface area (Å²) in [7, 11) is 1.88. The van der Waals surface area contributed by atoms with E-state index in [2.05, 4.69) is 15.3 Å². The normalized spacial score (nSPS) is 11.9. The number of hydrogen-bond acceptors (Lipinski definition) is 4. The van der Waals surface area contributed by atoms with E-state index in [0.29, 0.717) is 5.56 Å². The van der Waals surface area contributed by atoms with Crippen LogP contribution in [-0.4, -0.2) is 20.4 Å². The van der Waals surface area contributed by atoms with Gasteiger partial charge in [0.25, 0.3) is 5.91 Å². The van der Waals surface area contributed by atoms with Crippen molar-refractivity contribution in [2.75, 3.05) is 5.73 Å². The van der Waals surface area contributed by atoms with Crippen molar-refractivity contribution in [2.24, 2.45) is 7.05 Å². The third-order valence-electron chi connectivity index (χ3n) is 3.66. The van der Waals surface area contributed by atoms with Gasteiger partial charge < -0.3 is 15.6 Å². The van der Waals surface area contributed by atoms with E-state index in [4.69, 9.17) is 17.3 Å². The molecule has 3 aromatic rings. The summed E-state index contributed by atoms with van der Waals surface area (Å²) in [4.78, 5) is 20.9. The first-order chi connectivity index (χ1) is 11.6. The first-order valence-electron chi connectivity index (χ1n) is 7.30. The summed E-state index contributed by atoms with van der Waals surface area (Å²) in [5.74, 6) is 0.613. The molecule has 3 rings (SSSR count). The zero-order chi connectivity index (χ0) is 17.1. The number of aromatic nitrogens is 3. The molecule has 122 valence electrons. The number of amides is 1. The van der Waals surface area contributed by atoms with Gasteiger partial charge in [-0.05, 0) is 11.6 Å². The van der Waals surface area contributed by atoms with Crippen molar-refractivity contribution in [3.05, 3.63) is 77.0 Å². The number of halogens is 1. The van der Waals surface area contributed by atoms with Crippen LogP contribution >= 0.6 is 11.6 Å². The number of nitrogens with one attached hydrogen (secondary N) is 1. The van der Waals surface area contributed by atoms with Crippen molar-refractivity contribution >= 4 is 23.3 Å². The third-order valence-corrected chi connectivity index (χ3v) is 3.96. The average Bonchev–Trinajstić information content (AvgIpc) is 3.01. The van der Waals surface area contributed by atoms with E-state index in [-0.39, 0.29) is 16.7 Å². The monoisotopic (exact) mass is 341 g/mol. The Kier molecular flexibility index (Phi) is 4.48. The highest BCUT2D eigenvalue weighted by Gasteiger charge is 2.21. The second kappa shape index (κ2) is 6.72. The summed E-state index contributed by atoms with van der Waals surface area (Å²) >= 11 is 5.95. The Hall–Kier alpha value is -2.86. The molecule has 1 amide bonds. The molecular formula is C17H16ClN5O. The molecule has 0 bridgehead atoms. The van der Waals surface area contributed by atoms with E-state index in [1.807, 2.05) is 48.1 Å². The lowest BCUT2D eigenvalue weighted by atomic mass is 10.1. The molecule has 2 aromatic heterocycles. The molecule has 24 heavy (non-hydrogen) atoms. The number of nitrogens with two attached hydrogens (primary N) is 1. The van der Waals surface area contributed by atoms with Crippen molar-refractivity contribution in [1.29, 1.82) is 0 Å². The summed E-state index contributed by atoms with van der Waals surface area (Å²) in [5.41, 5.74) is 6.85. The highest BCUT2D eigenvalue weighted by atomic mass is 35.5. The van der Waals surface area contributed by atoms with E-state index in [9.17, 15) is 4.79 Å². The molecular weight excluding hydrogens is 326 g/mol. The second-order valence-electron chi connectivity index (χ2n) is 5.30. The molecule has 0 fully saturated rings. The zero-order valence-electron chi connectivity index (χ0n) is 13.0. The minimum Gasteiger partial charge on any atom is -0.382 e. The Morgan fingerprint density at radius 2 is 2.04 bits per heavy atom. The molecule has 3 N–H and O–H groups in total. The largest absolute Gasteiger partial charge is 0.382 e. The number of rotatable bonds is 4. The summed E-state index contributed by atoms with van der Waals surface area (Å²) in [6, 6.07) is 10.7. The molecule has 6 nitrogen and oxygen atoms in total. The molecule has 7 heteroatoms. The Morgan fingerprint density at radius 3 is 2.67 bits per heavy atom. The third kappa shape index (κ3) is 3.23. The molecule has 0 aliphatic heterocycles. The summed E-state index contributed by atoms with van der Waals surface area (Å²) < 4.78 is 1.87. The number of carbonyl (C=O) groups is 1. The summed E-state index contributed by atoms with van der Waals surface area (Å²) in [6.45, 7) is 0. The van der Waals surface area contributed by atoms with Crippen molar-refractivity contribution in [3.63, 3.8) is 0 Å². The fourth-order valence-corrected chi connectivity index (χ4v) is 2.55. The van der Waals surface area contributed by atoms with Gasteiger partial charge >= 0.3 is 0 Å².